The number of fused-ring (bicyclic) bond motifs is 1. The van der Waals surface area contributed by atoms with E-state index in [2.05, 4.69) is 5.10 Å². The molecule has 1 saturated heterocycles. The van der Waals surface area contributed by atoms with Crippen LogP contribution in [0.3, 0.4) is 0 Å². The Morgan fingerprint density at radius 1 is 1.00 bits per heavy atom. The fourth-order valence-corrected chi connectivity index (χ4v) is 5.01. The van der Waals surface area contributed by atoms with Crippen molar-refractivity contribution in [1.82, 2.24) is 9.78 Å². The Bertz CT molecular complexity index is 1350. The second kappa shape index (κ2) is 9.66. The first-order valence-electron chi connectivity index (χ1n) is 12.0. The summed E-state index contributed by atoms with van der Waals surface area (Å²) in [5.74, 6) is -0.370. The Balaban J connectivity index is 1.50. The number of amides is 3. The van der Waals surface area contributed by atoms with Gasteiger partial charge < -0.3 is 20.3 Å². The van der Waals surface area contributed by atoms with E-state index in [0.29, 0.717) is 60.2 Å². The van der Waals surface area contributed by atoms with E-state index < -0.39 is 5.91 Å². The van der Waals surface area contributed by atoms with Crippen LogP contribution in [0, 0.1) is 0 Å². The van der Waals surface area contributed by atoms with E-state index in [4.69, 9.17) is 22.1 Å². The number of nitrogens with two attached hydrogens (primary N) is 1. The molecule has 5 rings (SSSR count). The van der Waals surface area contributed by atoms with Gasteiger partial charge in [0.25, 0.3) is 11.8 Å². The van der Waals surface area contributed by atoms with Crippen molar-refractivity contribution in [3.8, 4) is 11.4 Å². The standard InChI is InChI=1S/C26H26ClN5O4/c1-2-36-21-11-10-18(15-20(21)27)32-24-19(23(29-32)25(28)34)12-14-31(26(24)35)17-8-6-16(7-9-17)30-13-4-3-5-22(30)33/h6-11,15H,2-5,12-14H2,1H3,(H2,28,34). The molecule has 0 aliphatic carbocycles. The van der Waals surface area contributed by atoms with Gasteiger partial charge in [-0.05, 0) is 68.7 Å². The van der Waals surface area contributed by atoms with Crippen molar-refractivity contribution < 1.29 is 19.1 Å². The number of nitrogens with zero attached hydrogens (tertiary/aromatic N) is 4. The number of halogens is 1. The van der Waals surface area contributed by atoms with Crippen LogP contribution in [0.15, 0.2) is 42.5 Å². The molecule has 0 saturated carbocycles. The van der Waals surface area contributed by atoms with Crippen LogP contribution in [-0.2, 0) is 11.2 Å². The molecule has 0 atom stereocenters. The number of benzene rings is 2. The molecule has 0 unspecified atom stereocenters. The highest BCUT2D eigenvalue weighted by molar-refractivity contribution is 6.32. The van der Waals surface area contributed by atoms with Crippen LogP contribution >= 0.6 is 11.6 Å². The SMILES string of the molecule is CCOc1ccc(-n2nc(C(N)=O)c3c2C(=O)N(c2ccc(N4CCCCC4=O)cc2)CC3)cc1Cl. The maximum Gasteiger partial charge on any atom is 0.277 e. The van der Waals surface area contributed by atoms with Crippen molar-refractivity contribution >= 4 is 40.7 Å². The lowest BCUT2D eigenvalue weighted by molar-refractivity contribution is -0.119. The molecule has 3 aromatic rings. The number of carbonyl (C=O) groups is 3. The molecule has 1 aromatic heterocycles. The van der Waals surface area contributed by atoms with E-state index in [1.54, 1.807) is 28.0 Å². The Morgan fingerprint density at radius 3 is 2.33 bits per heavy atom. The molecule has 2 aromatic carbocycles. The van der Waals surface area contributed by atoms with E-state index >= 15 is 0 Å². The molecule has 0 bridgehead atoms. The summed E-state index contributed by atoms with van der Waals surface area (Å²) < 4.78 is 6.93. The number of anilines is 2. The number of carbonyl (C=O) groups excluding carboxylic acids is 3. The van der Waals surface area contributed by atoms with Crippen LogP contribution in [0.1, 0.15) is 52.7 Å². The highest BCUT2D eigenvalue weighted by Crippen LogP contribution is 2.32. The van der Waals surface area contributed by atoms with E-state index in [1.807, 2.05) is 31.2 Å². The van der Waals surface area contributed by atoms with Gasteiger partial charge in [-0.15, -0.1) is 0 Å². The van der Waals surface area contributed by atoms with E-state index in [1.165, 1.54) is 4.68 Å². The Labute approximate surface area is 213 Å². The maximum atomic E-state index is 13.7. The van der Waals surface area contributed by atoms with Crippen molar-refractivity contribution in [2.45, 2.75) is 32.6 Å². The second-order valence-corrected chi connectivity index (χ2v) is 9.13. The highest BCUT2D eigenvalue weighted by Gasteiger charge is 2.35. The van der Waals surface area contributed by atoms with Gasteiger partial charge in [-0.25, -0.2) is 4.68 Å². The zero-order valence-corrected chi connectivity index (χ0v) is 20.6. The first-order chi connectivity index (χ1) is 17.4. The lowest BCUT2D eigenvalue weighted by Crippen LogP contribution is -2.39. The smallest absolute Gasteiger partial charge is 0.277 e. The van der Waals surface area contributed by atoms with Crippen LogP contribution in [-0.4, -0.2) is 47.2 Å². The van der Waals surface area contributed by atoms with Gasteiger partial charge >= 0.3 is 0 Å². The molecular formula is C26H26ClN5O4. The van der Waals surface area contributed by atoms with Crippen LogP contribution in [0.25, 0.3) is 5.69 Å². The highest BCUT2D eigenvalue weighted by atomic mass is 35.5. The average molecular weight is 508 g/mol. The molecular weight excluding hydrogens is 482 g/mol. The quantitative estimate of drug-likeness (QED) is 0.546. The van der Waals surface area contributed by atoms with Crippen molar-refractivity contribution in [1.29, 1.82) is 0 Å². The molecule has 36 heavy (non-hydrogen) atoms. The number of rotatable bonds is 6. The van der Waals surface area contributed by atoms with Crippen molar-refractivity contribution in [2.24, 2.45) is 5.73 Å². The number of hydrogen-bond acceptors (Lipinski definition) is 5. The predicted octanol–water partition coefficient (Wildman–Crippen LogP) is 3.74. The van der Waals surface area contributed by atoms with E-state index in [0.717, 1.165) is 18.5 Å². The number of hydrogen-bond donors (Lipinski definition) is 1. The van der Waals surface area contributed by atoms with Crippen molar-refractivity contribution in [3.63, 3.8) is 0 Å². The topological polar surface area (TPSA) is 111 Å². The van der Waals surface area contributed by atoms with Crippen molar-refractivity contribution in [3.05, 3.63) is 64.4 Å². The van der Waals surface area contributed by atoms with Crippen molar-refractivity contribution in [2.75, 3.05) is 29.5 Å². The monoisotopic (exact) mass is 507 g/mol. The molecule has 0 spiro atoms. The lowest BCUT2D eigenvalue weighted by atomic mass is 10.0. The third-order valence-electron chi connectivity index (χ3n) is 6.51. The average Bonchev–Trinajstić information content (AvgIpc) is 3.27. The summed E-state index contributed by atoms with van der Waals surface area (Å²) in [5.41, 5.74) is 8.48. The lowest BCUT2D eigenvalue weighted by Gasteiger charge is -2.29. The summed E-state index contributed by atoms with van der Waals surface area (Å²) in [6.45, 7) is 3.38. The molecule has 3 heterocycles. The van der Waals surface area contributed by atoms with Crippen LogP contribution < -0.4 is 20.3 Å². The van der Waals surface area contributed by atoms with Gasteiger partial charge in [-0.1, -0.05) is 11.6 Å². The molecule has 3 amide bonds. The van der Waals surface area contributed by atoms with Gasteiger partial charge in [0, 0.05) is 36.4 Å². The molecule has 0 radical (unpaired) electrons. The number of ether oxygens (including phenoxy) is 1. The first kappa shape index (κ1) is 23.9. The van der Waals surface area contributed by atoms with Gasteiger partial charge in [0.15, 0.2) is 5.69 Å². The molecule has 2 N–H and O–H groups in total. The minimum atomic E-state index is -0.696. The fraction of sp³-hybridized carbons (Fsp3) is 0.308. The first-order valence-corrected chi connectivity index (χ1v) is 12.3. The Morgan fingerprint density at radius 2 is 1.69 bits per heavy atom. The molecule has 9 nitrogen and oxygen atoms in total. The molecule has 1 fully saturated rings. The van der Waals surface area contributed by atoms with E-state index in [-0.39, 0.29) is 23.2 Å². The minimum absolute atomic E-state index is 0.0713. The number of piperidine rings is 1. The van der Waals surface area contributed by atoms with Gasteiger partial charge in [0.2, 0.25) is 5.91 Å². The Kier molecular flexibility index (Phi) is 6.40. The maximum absolute atomic E-state index is 13.7. The zero-order valence-electron chi connectivity index (χ0n) is 19.9. The van der Waals surface area contributed by atoms with Gasteiger partial charge in [-0.3, -0.25) is 14.4 Å². The molecule has 2 aliphatic heterocycles. The minimum Gasteiger partial charge on any atom is -0.492 e. The summed E-state index contributed by atoms with van der Waals surface area (Å²) in [7, 11) is 0. The summed E-state index contributed by atoms with van der Waals surface area (Å²) in [6, 6.07) is 12.5. The Hall–Kier alpha value is -3.85. The zero-order chi connectivity index (χ0) is 25.4. The summed E-state index contributed by atoms with van der Waals surface area (Å²) >= 11 is 6.38. The summed E-state index contributed by atoms with van der Waals surface area (Å²) in [5, 5.41) is 4.75. The van der Waals surface area contributed by atoms with Crippen LogP contribution in [0.5, 0.6) is 5.75 Å². The second-order valence-electron chi connectivity index (χ2n) is 8.73. The largest absolute Gasteiger partial charge is 0.492 e. The van der Waals surface area contributed by atoms with E-state index in [9.17, 15) is 14.4 Å². The summed E-state index contributed by atoms with van der Waals surface area (Å²) in [6.07, 6.45) is 2.86. The third kappa shape index (κ3) is 4.19. The van der Waals surface area contributed by atoms with Gasteiger partial charge in [0.05, 0.1) is 17.3 Å². The fourth-order valence-electron chi connectivity index (χ4n) is 4.78. The molecule has 10 heteroatoms. The predicted molar refractivity (Wildman–Crippen MR) is 136 cm³/mol. The normalized spacial score (nSPS) is 15.7. The third-order valence-corrected chi connectivity index (χ3v) is 6.80. The van der Waals surface area contributed by atoms with Crippen LogP contribution in [0.2, 0.25) is 5.02 Å². The number of aromatic nitrogens is 2. The molecule has 2 aliphatic rings. The van der Waals surface area contributed by atoms with Crippen LogP contribution in [0.4, 0.5) is 11.4 Å². The molecule has 186 valence electrons. The van der Waals surface area contributed by atoms with Gasteiger partial charge in [-0.2, -0.15) is 5.10 Å². The number of primary amides is 1. The summed E-state index contributed by atoms with van der Waals surface area (Å²) in [4.78, 5) is 41.6. The van der Waals surface area contributed by atoms with Gasteiger partial charge in [0.1, 0.15) is 11.4 Å².